The first-order chi connectivity index (χ1) is 16.3. The van der Waals surface area contributed by atoms with Crippen molar-refractivity contribution in [1.82, 2.24) is 9.55 Å². The summed E-state index contributed by atoms with van der Waals surface area (Å²) >= 11 is 6.48. The third kappa shape index (κ3) is 2.73. The molecule has 0 aliphatic carbocycles. The van der Waals surface area contributed by atoms with Crippen molar-refractivity contribution in [1.29, 1.82) is 0 Å². The molecule has 0 saturated carbocycles. The molecule has 0 aliphatic rings. The normalized spacial score (nSPS) is 11.8. The lowest BCUT2D eigenvalue weighted by Crippen LogP contribution is -1.92. The van der Waals surface area contributed by atoms with Gasteiger partial charge in [-0.05, 0) is 60.0 Å². The number of benzene rings is 5. The van der Waals surface area contributed by atoms with E-state index in [0.717, 1.165) is 54.9 Å². The van der Waals surface area contributed by atoms with Crippen LogP contribution in [-0.4, -0.2) is 9.55 Å². The van der Waals surface area contributed by atoms with Gasteiger partial charge >= 0.3 is 0 Å². The molecule has 156 valence electrons. The molecule has 0 saturated heterocycles. The molecular formula is C29H17ClN2O. The van der Waals surface area contributed by atoms with Crippen molar-refractivity contribution in [2.45, 2.75) is 0 Å². The smallest absolute Gasteiger partial charge is 0.227 e. The molecule has 0 fully saturated rings. The molecule has 0 unspecified atom stereocenters. The molecule has 0 bridgehead atoms. The van der Waals surface area contributed by atoms with E-state index < -0.39 is 0 Å². The average molecular weight is 445 g/mol. The molecule has 3 nitrogen and oxygen atoms in total. The molecule has 0 N–H and O–H groups in total. The molecule has 0 amide bonds. The monoisotopic (exact) mass is 444 g/mol. The number of rotatable bonds is 2. The minimum Gasteiger partial charge on any atom is -0.435 e. The maximum Gasteiger partial charge on any atom is 0.227 e. The fourth-order valence-electron chi connectivity index (χ4n) is 4.84. The van der Waals surface area contributed by atoms with E-state index in [9.17, 15) is 0 Å². The molecule has 0 radical (unpaired) electrons. The van der Waals surface area contributed by atoms with Crippen molar-refractivity contribution in [3.63, 3.8) is 0 Å². The highest BCUT2D eigenvalue weighted by Gasteiger charge is 2.19. The second-order valence-electron chi connectivity index (χ2n) is 8.19. The van der Waals surface area contributed by atoms with Crippen LogP contribution in [0.5, 0.6) is 0 Å². The largest absolute Gasteiger partial charge is 0.435 e. The van der Waals surface area contributed by atoms with Gasteiger partial charge in [-0.25, -0.2) is 4.98 Å². The fraction of sp³-hybridized carbons (Fsp3) is 0. The van der Waals surface area contributed by atoms with E-state index in [2.05, 4.69) is 53.1 Å². The van der Waals surface area contributed by atoms with Gasteiger partial charge in [0, 0.05) is 32.4 Å². The summed E-state index contributed by atoms with van der Waals surface area (Å²) in [6, 6.07) is 35.0. The predicted molar refractivity (Wildman–Crippen MR) is 136 cm³/mol. The third-order valence-electron chi connectivity index (χ3n) is 6.26. The van der Waals surface area contributed by atoms with Crippen LogP contribution in [0.1, 0.15) is 0 Å². The van der Waals surface area contributed by atoms with Gasteiger partial charge in [0.25, 0.3) is 0 Å². The van der Waals surface area contributed by atoms with E-state index in [4.69, 9.17) is 21.0 Å². The Morgan fingerprint density at radius 1 is 0.697 bits per heavy atom. The van der Waals surface area contributed by atoms with Crippen LogP contribution in [0.4, 0.5) is 0 Å². The van der Waals surface area contributed by atoms with Crippen molar-refractivity contribution >= 4 is 55.3 Å². The maximum atomic E-state index is 6.48. The molecule has 0 atom stereocenters. The molecule has 5 aromatic carbocycles. The number of para-hydroxylation sites is 1. The van der Waals surface area contributed by atoms with Gasteiger partial charge in [0.15, 0.2) is 5.58 Å². The zero-order valence-corrected chi connectivity index (χ0v) is 18.3. The quantitative estimate of drug-likeness (QED) is 0.268. The summed E-state index contributed by atoms with van der Waals surface area (Å²) in [6.07, 6.45) is 0. The number of nitrogens with zero attached hydrogens (tertiary/aromatic N) is 2. The van der Waals surface area contributed by atoms with Gasteiger partial charge in [-0.1, -0.05) is 60.1 Å². The van der Waals surface area contributed by atoms with Gasteiger partial charge in [-0.3, -0.25) is 0 Å². The van der Waals surface area contributed by atoms with Crippen LogP contribution in [0.25, 0.3) is 60.8 Å². The summed E-state index contributed by atoms with van der Waals surface area (Å²) in [7, 11) is 0. The van der Waals surface area contributed by atoms with Crippen molar-refractivity contribution < 1.29 is 4.42 Å². The SMILES string of the molecule is Clc1ccc2c(c1)c1c3c(ccc4nc(-c5ccccc5)oc43)ccc1n2-c1ccccc1. The van der Waals surface area contributed by atoms with Crippen molar-refractivity contribution in [3.05, 3.63) is 108 Å². The number of hydrogen-bond donors (Lipinski definition) is 0. The van der Waals surface area contributed by atoms with E-state index in [-0.39, 0.29) is 0 Å². The first kappa shape index (κ1) is 18.5. The van der Waals surface area contributed by atoms with Gasteiger partial charge in [-0.15, -0.1) is 0 Å². The molecular weight excluding hydrogens is 428 g/mol. The Hall–Kier alpha value is -4.08. The van der Waals surface area contributed by atoms with Gasteiger partial charge in [-0.2, -0.15) is 0 Å². The van der Waals surface area contributed by atoms with Crippen LogP contribution in [0.15, 0.2) is 108 Å². The average Bonchev–Trinajstić information content (AvgIpc) is 3.44. The predicted octanol–water partition coefficient (Wildman–Crippen LogP) is 8.40. The molecule has 2 heterocycles. The highest BCUT2D eigenvalue weighted by atomic mass is 35.5. The molecule has 0 spiro atoms. The Balaban J connectivity index is 1.67. The van der Waals surface area contributed by atoms with Crippen LogP contribution in [0.2, 0.25) is 5.02 Å². The molecule has 2 aromatic heterocycles. The van der Waals surface area contributed by atoms with Crippen LogP contribution in [0.3, 0.4) is 0 Å². The molecule has 7 aromatic rings. The Labute approximate surface area is 194 Å². The second kappa shape index (κ2) is 6.96. The Morgan fingerprint density at radius 2 is 1.42 bits per heavy atom. The lowest BCUT2D eigenvalue weighted by molar-refractivity contribution is 0.623. The minimum absolute atomic E-state index is 0.625. The van der Waals surface area contributed by atoms with E-state index in [1.54, 1.807) is 0 Å². The zero-order valence-electron chi connectivity index (χ0n) is 17.5. The molecule has 33 heavy (non-hydrogen) atoms. The van der Waals surface area contributed by atoms with Crippen LogP contribution < -0.4 is 0 Å². The lowest BCUT2D eigenvalue weighted by atomic mass is 10.0. The fourth-order valence-corrected chi connectivity index (χ4v) is 5.01. The second-order valence-corrected chi connectivity index (χ2v) is 8.63. The van der Waals surface area contributed by atoms with Crippen molar-refractivity contribution in [2.75, 3.05) is 0 Å². The number of oxazole rings is 1. The summed E-state index contributed by atoms with van der Waals surface area (Å²) in [4.78, 5) is 4.80. The summed E-state index contributed by atoms with van der Waals surface area (Å²) in [6.45, 7) is 0. The number of aromatic nitrogens is 2. The summed E-state index contributed by atoms with van der Waals surface area (Å²) in [5.41, 5.74) is 5.92. The van der Waals surface area contributed by atoms with Gasteiger partial charge < -0.3 is 8.98 Å². The van der Waals surface area contributed by atoms with Gasteiger partial charge in [0.1, 0.15) is 5.52 Å². The zero-order chi connectivity index (χ0) is 21.9. The molecule has 0 aliphatic heterocycles. The molecule has 4 heteroatoms. The van der Waals surface area contributed by atoms with Crippen LogP contribution in [0, 0.1) is 0 Å². The lowest BCUT2D eigenvalue weighted by Gasteiger charge is -2.08. The van der Waals surface area contributed by atoms with Crippen molar-refractivity contribution in [2.24, 2.45) is 0 Å². The molecule has 7 rings (SSSR count). The van der Waals surface area contributed by atoms with Crippen molar-refractivity contribution in [3.8, 4) is 17.1 Å². The van der Waals surface area contributed by atoms with Gasteiger partial charge in [0.2, 0.25) is 5.89 Å². The highest BCUT2D eigenvalue weighted by Crippen LogP contribution is 2.41. The summed E-state index contributed by atoms with van der Waals surface area (Å²) in [5, 5.41) is 5.09. The first-order valence-corrected chi connectivity index (χ1v) is 11.2. The summed E-state index contributed by atoms with van der Waals surface area (Å²) < 4.78 is 8.70. The van der Waals surface area contributed by atoms with E-state index in [1.165, 1.54) is 0 Å². The standard InChI is InChI=1S/C29H17ClN2O/c30-20-13-16-24-22(17-20)27-25(32(24)21-9-5-2-6-10-21)15-12-18-11-14-23-28(26(18)27)33-29(31-23)19-7-3-1-4-8-19/h1-17H. The first-order valence-electron chi connectivity index (χ1n) is 10.8. The van der Waals surface area contributed by atoms with E-state index in [0.29, 0.717) is 10.9 Å². The highest BCUT2D eigenvalue weighted by molar-refractivity contribution is 6.33. The maximum absolute atomic E-state index is 6.48. The number of hydrogen-bond acceptors (Lipinski definition) is 2. The van der Waals surface area contributed by atoms with Gasteiger partial charge in [0.05, 0.1) is 11.0 Å². The number of halogens is 1. The Morgan fingerprint density at radius 3 is 2.24 bits per heavy atom. The third-order valence-corrected chi connectivity index (χ3v) is 6.50. The Bertz CT molecular complexity index is 1820. The van der Waals surface area contributed by atoms with Crippen LogP contribution in [-0.2, 0) is 0 Å². The summed E-state index contributed by atoms with van der Waals surface area (Å²) in [5.74, 6) is 0.625. The topological polar surface area (TPSA) is 31.0 Å². The van der Waals surface area contributed by atoms with Crippen LogP contribution >= 0.6 is 11.6 Å². The van der Waals surface area contributed by atoms with E-state index >= 15 is 0 Å². The number of fused-ring (bicyclic) bond motifs is 7. The minimum atomic E-state index is 0.625. The van der Waals surface area contributed by atoms with E-state index in [1.807, 2.05) is 54.6 Å². The Kier molecular flexibility index (Phi) is 3.90.